The van der Waals surface area contributed by atoms with E-state index in [0.717, 1.165) is 53.8 Å². The van der Waals surface area contributed by atoms with Crippen LogP contribution in [0.5, 0.6) is 0 Å². The van der Waals surface area contributed by atoms with E-state index in [9.17, 15) is 4.79 Å². The zero-order valence-electron chi connectivity index (χ0n) is 15.4. The summed E-state index contributed by atoms with van der Waals surface area (Å²) < 4.78 is 0. The summed E-state index contributed by atoms with van der Waals surface area (Å²) in [5.41, 5.74) is 3.47. The predicted molar refractivity (Wildman–Crippen MR) is 110 cm³/mol. The maximum atomic E-state index is 13.0. The van der Waals surface area contributed by atoms with Crippen LogP contribution < -0.4 is 5.32 Å². The van der Waals surface area contributed by atoms with Gasteiger partial charge in [-0.05, 0) is 48.7 Å². The fourth-order valence-electron chi connectivity index (χ4n) is 3.98. The number of H-pyrrole nitrogens is 1. The lowest BCUT2D eigenvalue weighted by atomic mass is 9.78. The van der Waals surface area contributed by atoms with Crippen molar-refractivity contribution >= 4 is 34.2 Å². The number of nitriles is 1. The second-order valence-corrected chi connectivity index (χ2v) is 7.74. The van der Waals surface area contributed by atoms with Gasteiger partial charge in [-0.15, -0.1) is 0 Å². The standard InChI is InChI=1S/C22H21ClN4O/c23-15-7-10-19-20(13-15)27-21(26-19)17-3-1-2-4-18(17)22(28)25-16-8-5-14(6-9-16)11-12-24/h5-10,13,17-18H,1-4,11H2,(H,25,28)(H,26,27). The van der Waals surface area contributed by atoms with E-state index in [1.165, 1.54) is 0 Å². The molecule has 0 aliphatic heterocycles. The lowest BCUT2D eigenvalue weighted by Crippen LogP contribution is -2.31. The molecule has 1 fully saturated rings. The third kappa shape index (κ3) is 3.88. The minimum Gasteiger partial charge on any atom is -0.342 e. The van der Waals surface area contributed by atoms with Gasteiger partial charge in [-0.1, -0.05) is 36.6 Å². The number of fused-ring (bicyclic) bond motifs is 1. The minimum absolute atomic E-state index is 0.0243. The molecule has 0 spiro atoms. The Labute approximate surface area is 168 Å². The highest BCUT2D eigenvalue weighted by atomic mass is 35.5. The van der Waals surface area contributed by atoms with Crippen LogP contribution in [-0.4, -0.2) is 15.9 Å². The number of nitrogens with zero attached hydrogens (tertiary/aromatic N) is 2. The van der Waals surface area contributed by atoms with E-state index < -0.39 is 0 Å². The number of carbonyl (C=O) groups is 1. The van der Waals surface area contributed by atoms with E-state index in [4.69, 9.17) is 21.8 Å². The van der Waals surface area contributed by atoms with Crippen molar-refractivity contribution in [3.63, 3.8) is 0 Å². The first-order chi connectivity index (χ1) is 13.6. The number of hydrogen-bond donors (Lipinski definition) is 2. The van der Waals surface area contributed by atoms with Crippen LogP contribution in [0.2, 0.25) is 5.02 Å². The number of rotatable bonds is 4. The Morgan fingerprint density at radius 2 is 2.00 bits per heavy atom. The highest BCUT2D eigenvalue weighted by Crippen LogP contribution is 2.38. The van der Waals surface area contributed by atoms with Crippen molar-refractivity contribution in [1.29, 1.82) is 5.26 Å². The molecular formula is C22H21ClN4O. The maximum absolute atomic E-state index is 13.0. The zero-order valence-corrected chi connectivity index (χ0v) is 16.2. The molecule has 1 amide bonds. The lowest BCUT2D eigenvalue weighted by Gasteiger charge is -2.29. The number of nitrogens with one attached hydrogen (secondary N) is 2. The van der Waals surface area contributed by atoms with Crippen LogP contribution in [-0.2, 0) is 11.2 Å². The molecule has 142 valence electrons. The number of halogens is 1. The third-order valence-electron chi connectivity index (χ3n) is 5.42. The van der Waals surface area contributed by atoms with E-state index in [1.807, 2.05) is 42.5 Å². The molecule has 0 radical (unpaired) electrons. The van der Waals surface area contributed by atoms with Gasteiger partial charge in [0, 0.05) is 22.5 Å². The van der Waals surface area contributed by atoms with Crippen molar-refractivity contribution in [2.75, 3.05) is 5.32 Å². The SMILES string of the molecule is N#CCc1ccc(NC(=O)C2CCCCC2c2nc3ccc(Cl)cc3[nH]2)cc1. The molecule has 1 saturated carbocycles. The normalized spacial score (nSPS) is 19.3. The number of hydrogen-bond acceptors (Lipinski definition) is 3. The summed E-state index contributed by atoms with van der Waals surface area (Å²) in [6.45, 7) is 0. The first-order valence-electron chi connectivity index (χ1n) is 9.56. The van der Waals surface area contributed by atoms with Crippen molar-refractivity contribution in [3.05, 3.63) is 58.9 Å². The smallest absolute Gasteiger partial charge is 0.228 e. The Hall–Kier alpha value is -2.84. The topological polar surface area (TPSA) is 81.6 Å². The molecule has 5 nitrogen and oxygen atoms in total. The molecule has 2 unspecified atom stereocenters. The van der Waals surface area contributed by atoms with E-state index in [-0.39, 0.29) is 17.7 Å². The van der Waals surface area contributed by atoms with Gasteiger partial charge in [-0.3, -0.25) is 4.79 Å². The predicted octanol–water partition coefficient (Wildman–Crippen LogP) is 5.19. The van der Waals surface area contributed by atoms with Crippen LogP contribution >= 0.6 is 11.6 Å². The van der Waals surface area contributed by atoms with Gasteiger partial charge in [0.05, 0.1) is 23.5 Å². The van der Waals surface area contributed by atoms with Gasteiger partial charge in [0.2, 0.25) is 5.91 Å². The van der Waals surface area contributed by atoms with Gasteiger partial charge in [0.25, 0.3) is 0 Å². The largest absolute Gasteiger partial charge is 0.342 e. The molecule has 1 aliphatic rings. The van der Waals surface area contributed by atoms with Crippen LogP contribution in [0.1, 0.15) is 43.0 Å². The molecule has 1 aromatic heterocycles. The van der Waals surface area contributed by atoms with E-state index >= 15 is 0 Å². The summed E-state index contributed by atoms with van der Waals surface area (Å²) in [6, 6.07) is 15.2. The average molecular weight is 393 g/mol. The van der Waals surface area contributed by atoms with Gasteiger partial charge in [-0.2, -0.15) is 5.26 Å². The molecule has 3 aromatic rings. The molecule has 4 rings (SSSR count). The summed E-state index contributed by atoms with van der Waals surface area (Å²) in [6.07, 6.45) is 4.29. The van der Waals surface area contributed by atoms with Crippen LogP contribution in [0.4, 0.5) is 5.69 Å². The van der Waals surface area contributed by atoms with Crippen molar-refractivity contribution in [2.24, 2.45) is 5.92 Å². The van der Waals surface area contributed by atoms with Crippen molar-refractivity contribution < 1.29 is 4.79 Å². The summed E-state index contributed by atoms with van der Waals surface area (Å²) in [5.74, 6) is 0.832. The molecule has 28 heavy (non-hydrogen) atoms. The fourth-order valence-corrected chi connectivity index (χ4v) is 4.15. The number of carbonyl (C=O) groups excluding carboxylic acids is 1. The van der Waals surface area contributed by atoms with Gasteiger partial charge in [0.1, 0.15) is 5.82 Å². The van der Waals surface area contributed by atoms with Crippen LogP contribution in [0.3, 0.4) is 0 Å². The molecule has 2 aromatic carbocycles. The summed E-state index contributed by atoms with van der Waals surface area (Å²) in [5, 5.41) is 12.5. The highest BCUT2D eigenvalue weighted by Gasteiger charge is 2.34. The van der Waals surface area contributed by atoms with Crippen molar-refractivity contribution in [2.45, 2.75) is 38.0 Å². The monoisotopic (exact) mass is 392 g/mol. The number of anilines is 1. The Morgan fingerprint density at radius 1 is 1.21 bits per heavy atom. The first-order valence-corrected chi connectivity index (χ1v) is 9.94. The molecule has 1 aliphatic carbocycles. The Kier molecular flexibility index (Phi) is 5.31. The highest BCUT2D eigenvalue weighted by molar-refractivity contribution is 6.31. The van der Waals surface area contributed by atoms with Crippen LogP contribution in [0, 0.1) is 17.2 Å². The number of amides is 1. The van der Waals surface area contributed by atoms with Gasteiger partial charge in [-0.25, -0.2) is 4.98 Å². The number of benzene rings is 2. The molecule has 1 heterocycles. The Balaban J connectivity index is 1.54. The molecule has 0 bridgehead atoms. The second-order valence-electron chi connectivity index (χ2n) is 7.30. The lowest BCUT2D eigenvalue weighted by molar-refractivity contribution is -0.121. The van der Waals surface area contributed by atoms with Gasteiger partial charge < -0.3 is 10.3 Å². The van der Waals surface area contributed by atoms with E-state index in [1.54, 1.807) is 0 Å². The van der Waals surface area contributed by atoms with Crippen LogP contribution in [0.25, 0.3) is 11.0 Å². The molecule has 6 heteroatoms. The quantitative estimate of drug-likeness (QED) is 0.640. The van der Waals surface area contributed by atoms with Gasteiger partial charge in [0.15, 0.2) is 0 Å². The summed E-state index contributed by atoms with van der Waals surface area (Å²) in [7, 11) is 0. The number of aromatic nitrogens is 2. The number of aromatic amines is 1. The first kappa shape index (κ1) is 18.5. The molecule has 2 N–H and O–H groups in total. The Morgan fingerprint density at radius 3 is 2.79 bits per heavy atom. The zero-order chi connectivity index (χ0) is 19.5. The van der Waals surface area contributed by atoms with Crippen LogP contribution in [0.15, 0.2) is 42.5 Å². The van der Waals surface area contributed by atoms with Crippen molar-refractivity contribution in [3.8, 4) is 6.07 Å². The maximum Gasteiger partial charge on any atom is 0.228 e. The third-order valence-corrected chi connectivity index (χ3v) is 5.66. The van der Waals surface area contributed by atoms with Crippen molar-refractivity contribution in [1.82, 2.24) is 9.97 Å². The van der Waals surface area contributed by atoms with Gasteiger partial charge >= 0.3 is 0 Å². The minimum atomic E-state index is -0.122. The summed E-state index contributed by atoms with van der Waals surface area (Å²) in [4.78, 5) is 21.1. The van der Waals surface area contributed by atoms with E-state index in [0.29, 0.717) is 11.4 Å². The Bertz CT molecular complexity index is 1030. The number of imidazole rings is 1. The molecule has 0 saturated heterocycles. The fraction of sp³-hybridized carbons (Fsp3) is 0.318. The van der Waals surface area contributed by atoms with E-state index in [2.05, 4.69) is 16.4 Å². The second kappa shape index (κ2) is 8.04. The average Bonchev–Trinajstić information content (AvgIpc) is 3.12. The molecule has 2 atom stereocenters. The molecular weight excluding hydrogens is 372 g/mol. The summed E-state index contributed by atoms with van der Waals surface area (Å²) >= 11 is 6.08.